The van der Waals surface area contributed by atoms with Crippen molar-refractivity contribution < 1.29 is 14.7 Å². The first kappa shape index (κ1) is 20.3. The van der Waals surface area contributed by atoms with Gasteiger partial charge >= 0.3 is 0 Å². The van der Waals surface area contributed by atoms with E-state index >= 15 is 0 Å². The van der Waals surface area contributed by atoms with Gasteiger partial charge in [-0.3, -0.25) is 25.8 Å². The van der Waals surface area contributed by atoms with Gasteiger partial charge in [-0.15, -0.1) is 0 Å². The van der Waals surface area contributed by atoms with E-state index in [0.29, 0.717) is 10.6 Å². The number of carbonyl (C=O) groups is 2. The molecule has 0 aromatic heterocycles. The lowest BCUT2D eigenvalue weighted by molar-refractivity contribution is -0.115. The lowest BCUT2D eigenvalue weighted by Gasteiger charge is -2.11. The second kappa shape index (κ2) is 9.18. The normalized spacial score (nSPS) is 10.7. The predicted octanol–water partition coefficient (Wildman–Crippen LogP) is 3.55. The molecule has 0 saturated carbocycles. The summed E-state index contributed by atoms with van der Waals surface area (Å²) in [6.45, 7) is 0. The third-order valence-electron chi connectivity index (χ3n) is 3.95. The molecule has 3 aromatic carbocycles. The Labute approximate surface area is 177 Å². The summed E-state index contributed by atoms with van der Waals surface area (Å²) in [5, 5.41) is 14.5. The quantitative estimate of drug-likeness (QED) is 0.293. The third kappa shape index (κ3) is 5.31. The van der Waals surface area contributed by atoms with Crippen LogP contribution in [0.5, 0.6) is 5.75 Å². The molecule has 8 heteroatoms. The molecule has 0 spiro atoms. The lowest BCUT2D eigenvalue weighted by atomic mass is 10.1. The fourth-order valence-corrected chi connectivity index (χ4v) is 2.90. The number of phenolic OH excluding ortho intramolecular Hbond substituents is 1. The molecule has 0 aliphatic rings. The van der Waals surface area contributed by atoms with Gasteiger partial charge in [-0.25, -0.2) is 0 Å². The second-order valence-electron chi connectivity index (χ2n) is 5.97. The average Bonchev–Trinajstić information content (AvgIpc) is 2.71. The summed E-state index contributed by atoms with van der Waals surface area (Å²) in [5.74, 6) is -1.26. The van der Waals surface area contributed by atoms with Crippen molar-refractivity contribution in [2.75, 3.05) is 0 Å². The number of carbonyl (C=O) groups excluding carboxylic acids is 2. The van der Waals surface area contributed by atoms with Gasteiger partial charge in [0.25, 0.3) is 5.91 Å². The van der Waals surface area contributed by atoms with Crippen LogP contribution in [0.3, 0.4) is 0 Å². The monoisotopic (exact) mass is 425 g/mol. The minimum absolute atomic E-state index is 0.0731. The van der Waals surface area contributed by atoms with E-state index in [0.717, 1.165) is 10.8 Å². The molecule has 6 nitrogen and oxygen atoms in total. The highest BCUT2D eigenvalue weighted by atomic mass is 35.5. The molecule has 0 atom stereocenters. The molecule has 0 saturated heterocycles. The molecule has 0 radical (unpaired) electrons. The van der Waals surface area contributed by atoms with E-state index < -0.39 is 11.8 Å². The number of benzene rings is 3. The van der Waals surface area contributed by atoms with Crippen LogP contribution in [0.2, 0.25) is 5.02 Å². The molecule has 0 fully saturated rings. The van der Waals surface area contributed by atoms with Crippen molar-refractivity contribution in [2.45, 2.75) is 0 Å². The Kier molecular flexibility index (Phi) is 6.43. The first-order valence-electron chi connectivity index (χ1n) is 8.50. The van der Waals surface area contributed by atoms with Crippen LogP contribution in [-0.4, -0.2) is 22.0 Å². The molecule has 4 N–H and O–H groups in total. The Bertz CT molecular complexity index is 1130. The number of rotatable bonds is 3. The Balaban J connectivity index is 1.56. The van der Waals surface area contributed by atoms with Crippen molar-refractivity contribution in [1.82, 2.24) is 16.2 Å². The zero-order valence-electron chi connectivity index (χ0n) is 15.0. The van der Waals surface area contributed by atoms with E-state index in [1.807, 2.05) is 24.3 Å². The predicted molar refractivity (Wildman–Crippen MR) is 117 cm³/mol. The van der Waals surface area contributed by atoms with E-state index in [4.69, 9.17) is 23.8 Å². The molecule has 0 aliphatic carbocycles. The fraction of sp³-hybridized carbons (Fsp3) is 0. The smallest absolute Gasteiger partial charge is 0.273 e. The van der Waals surface area contributed by atoms with E-state index in [1.54, 1.807) is 36.4 Å². The summed E-state index contributed by atoms with van der Waals surface area (Å²) in [5.41, 5.74) is 5.52. The maximum atomic E-state index is 12.3. The van der Waals surface area contributed by atoms with Gasteiger partial charge in [0.15, 0.2) is 5.11 Å². The minimum atomic E-state index is -0.600. The van der Waals surface area contributed by atoms with E-state index in [-0.39, 0.29) is 16.4 Å². The van der Waals surface area contributed by atoms with E-state index in [1.165, 1.54) is 12.1 Å². The average molecular weight is 426 g/mol. The van der Waals surface area contributed by atoms with Crippen molar-refractivity contribution in [3.05, 3.63) is 82.9 Å². The van der Waals surface area contributed by atoms with Gasteiger partial charge in [0, 0.05) is 11.1 Å². The number of hydrogen-bond acceptors (Lipinski definition) is 4. The van der Waals surface area contributed by atoms with Crippen LogP contribution in [0.15, 0.2) is 66.7 Å². The molecule has 29 heavy (non-hydrogen) atoms. The third-order valence-corrected chi connectivity index (χ3v) is 4.50. The minimum Gasteiger partial charge on any atom is -0.507 e. The van der Waals surface area contributed by atoms with Gasteiger partial charge < -0.3 is 5.11 Å². The van der Waals surface area contributed by atoms with Gasteiger partial charge in [-0.2, -0.15) is 0 Å². The van der Waals surface area contributed by atoms with Crippen LogP contribution in [0.4, 0.5) is 0 Å². The van der Waals surface area contributed by atoms with Crippen molar-refractivity contribution in [3.63, 3.8) is 0 Å². The van der Waals surface area contributed by atoms with Crippen LogP contribution in [0.25, 0.3) is 16.8 Å². The Morgan fingerprint density at radius 3 is 2.34 bits per heavy atom. The Hall–Kier alpha value is -3.42. The molecule has 146 valence electrons. The van der Waals surface area contributed by atoms with Crippen LogP contribution in [0.1, 0.15) is 15.9 Å². The molecular formula is C21H16ClN3O3S. The molecule has 0 bridgehead atoms. The summed E-state index contributed by atoms with van der Waals surface area (Å²) in [6, 6.07) is 17.5. The van der Waals surface area contributed by atoms with Gasteiger partial charge in [-0.05, 0) is 52.8 Å². The first-order chi connectivity index (χ1) is 13.9. The molecule has 0 heterocycles. The largest absolute Gasteiger partial charge is 0.507 e. The fourth-order valence-electron chi connectivity index (χ4n) is 2.55. The summed E-state index contributed by atoms with van der Waals surface area (Å²) >= 11 is 11.0. The molecular weight excluding hydrogens is 410 g/mol. The van der Waals surface area contributed by atoms with Gasteiger partial charge in [0.1, 0.15) is 5.75 Å². The number of nitrogens with one attached hydrogen (secondary N) is 3. The number of fused-ring (bicyclic) bond motifs is 1. The van der Waals surface area contributed by atoms with Crippen molar-refractivity contribution in [3.8, 4) is 5.75 Å². The van der Waals surface area contributed by atoms with Gasteiger partial charge in [0.2, 0.25) is 5.91 Å². The first-order valence-corrected chi connectivity index (χ1v) is 9.28. The number of thiocarbonyl (C=S) groups is 1. The molecule has 2 amide bonds. The van der Waals surface area contributed by atoms with Crippen LogP contribution in [-0.2, 0) is 4.79 Å². The molecule has 0 aliphatic heterocycles. The number of aromatic hydroxyl groups is 1. The number of hydrazine groups is 1. The highest BCUT2D eigenvalue weighted by Crippen LogP contribution is 2.24. The maximum absolute atomic E-state index is 12.3. The molecule has 3 rings (SSSR count). The Morgan fingerprint density at radius 1 is 0.966 bits per heavy atom. The van der Waals surface area contributed by atoms with E-state index in [2.05, 4.69) is 16.2 Å². The van der Waals surface area contributed by atoms with Crippen LogP contribution >= 0.6 is 23.8 Å². The number of amides is 2. The number of halogens is 1. The zero-order chi connectivity index (χ0) is 20.8. The highest BCUT2D eigenvalue weighted by molar-refractivity contribution is 7.80. The Morgan fingerprint density at radius 2 is 1.62 bits per heavy atom. The standard InChI is InChI=1S/C21H16ClN3O3S/c22-17-8-4-3-5-13(17)9-10-19(27)23-21(29)25-24-20(28)16-11-14-6-1-2-7-15(14)12-18(16)26/h1-12,26H,(H,24,28)(H2,23,25,27,29)/b10-9+. The summed E-state index contributed by atoms with van der Waals surface area (Å²) in [4.78, 5) is 24.2. The van der Waals surface area contributed by atoms with Crippen molar-refractivity contribution >= 4 is 57.6 Å². The topological polar surface area (TPSA) is 90.5 Å². The summed E-state index contributed by atoms with van der Waals surface area (Å²) in [7, 11) is 0. The number of phenols is 1. The van der Waals surface area contributed by atoms with Crippen LogP contribution in [0, 0.1) is 0 Å². The van der Waals surface area contributed by atoms with Crippen molar-refractivity contribution in [1.29, 1.82) is 0 Å². The lowest BCUT2D eigenvalue weighted by Crippen LogP contribution is -2.48. The van der Waals surface area contributed by atoms with Crippen LogP contribution < -0.4 is 16.2 Å². The maximum Gasteiger partial charge on any atom is 0.273 e. The zero-order valence-corrected chi connectivity index (χ0v) is 16.6. The van der Waals surface area contributed by atoms with E-state index in [9.17, 15) is 14.7 Å². The van der Waals surface area contributed by atoms with Crippen molar-refractivity contribution in [2.24, 2.45) is 0 Å². The molecule has 0 unspecified atom stereocenters. The number of hydrogen-bond donors (Lipinski definition) is 4. The summed E-state index contributed by atoms with van der Waals surface area (Å²) in [6.07, 6.45) is 2.82. The SMILES string of the molecule is O=C(/C=C/c1ccccc1Cl)NC(=S)NNC(=O)c1cc2ccccc2cc1O. The second-order valence-corrected chi connectivity index (χ2v) is 6.78. The summed E-state index contributed by atoms with van der Waals surface area (Å²) < 4.78 is 0. The van der Waals surface area contributed by atoms with Gasteiger partial charge in [-0.1, -0.05) is 54.1 Å². The molecule has 3 aromatic rings. The van der Waals surface area contributed by atoms with Gasteiger partial charge in [0.05, 0.1) is 5.56 Å². The highest BCUT2D eigenvalue weighted by Gasteiger charge is 2.13.